The Balaban J connectivity index is 1.81. The summed E-state index contributed by atoms with van der Waals surface area (Å²) in [6.07, 6.45) is 2.00. The molecule has 0 saturated carbocycles. The van der Waals surface area contributed by atoms with Gasteiger partial charge in [0.25, 0.3) is 5.91 Å². The standard InChI is InChI=1S/C15H15FN2O2S/c1-9-12(16)3-2-11-14(9)17-13(18-15(11)19)8-21-10-4-6-20-7-5-10/h2-3,10H,1,4-8H2. The maximum Gasteiger partial charge on any atom is 0.280 e. The Morgan fingerprint density at radius 1 is 1.33 bits per heavy atom. The van der Waals surface area contributed by atoms with Gasteiger partial charge in [0.15, 0.2) is 0 Å². The van der Waals surface area contributed by atoms with E-state index in [4.69, 9.17) is 4.74 Å². The lowest BCUT2D eigenvalue weighted by atomic mass is 10.1. The molecule has 2 aliphatic heterocycles. The first-order chi connectivity index (χ1) is 10.1. The van der Waals surface area contributed by atoms with Crippen LogP contribution in [0, 0.1) is 5.82 Å². The molecule has 0 spiro atoms. The van der Waals surface area contributed by atoms with Gasteiger partial charge in [-0.2, -0.15) is 16.8 Å². The monoisotopic (exact) mass is 306 g/mol. The Hall–Kier alpha value is -1.53. The Morgan fingerprint density at radius 3 is 2.86 bits per heavy atom. The second-order valence-corrected chi connectivity index (χ2v) is 6.28. The largest absolute Gasteiger partial charge is 0.381 e. The average molecular weight is 306 g/mol. The number of ether oxygens (including phenoxy) is 1. The molecule has 0 bridgehead atoms. The van der Waals surface area contributed by atoms with Crippen LogP contribution in [0.15, 0.2) is 22.1 Å². The molecule has 0 N–H and O–H groups in total. The van der Waals surface area contributed by atoms with Crippen molar-refractivity contribution in [2.75, 3.05) is 19.0 Å². The lowest BCUT2D eigenvalue weighted by Gasteiger charge is -2.21. The number of rotatable bonds is 3. The van der Waals surface area contributed by atoms with Crippen LogP contribution in [-0.4, -0.2) is 36.0 Å². The minimum atomic E-state index is -0.455. The van der Waals surface area contributed by atoms with E-state index in [-0.39, 0.29) is 11.1 Å². The topological polar surface area (TPSA) is 51.0 Å². The summed E-state index contributed by atoms with van der Waals surface area (Å²) in [7, 11) is 0. The van der Waals surface area contributed by atoms with Crippen LogP contribution in [0.4, 0.5) is 4.39 Å². The molecule has 6 heteroatoms. The van der Waals surface area contributed by atoms with Gasteiger partial charge in [-0.15, -0.1) is 0 Å². The molecule has 2 heterocycles. The fraction of sp³-hybridized carbons (Fsp3) is 0.400. The Labute approximate surface area is 125 Å². The van der Waals surface area contributed by atoms with Crippen molar-refractivity contribution in [3.63, 3.8) is 0 Å². The summed E-state index contributed by atoms with van der Waals surface area (Å²) in [6, 6.07) is 2.64. The number of amides is 1. The lowest BCUT2D eigenvalue weighted by molar-refractivity contribution is 0.0996. The zero-order valence-electron chi connectivity index (χ0n) is 11.5. The van der Waals surface area contributed by atoms with Crippen molar-refractivity contribution in [1.29, 1.82) is 0 Å². The molecule has 4 nitrogen and oxygen atoms in total. The number of amidine groups is 1. The molecule has 0 unspecified atom stereocenters. The first-order valence-corrected chi connectivity index (χ1v) is 7.87. The van der Waals surface area contributed by atoms with E-state index in [1.54, 1.807) is 11.8 Å². The number of fused-ring (bicyclic) bond motifs is 1. The van der Waals surface area contributed by atoms with Gasteiger partial charge in [0, 0.05) is 23.7 Å². The highest BCUT2D eigenvalue weighted by molar-refractivity contribution is 8.00. The van der Waals surface area contributed by atoms with E-state index in [0.29, 0.717) is 27.8 Å². The van der Waals surface area contributed by atoms with Crippen LogP contribution in [0.5, 0.6) is 0 Å². The van der Waals surface area contributed by atoms with Crippen LogP contribution in [0.25, 0.3) is 6.58 Å². The van der Waals surface area contributed by atoms with Crippen LogP contribution in [0.1, 0.15) is 23.2 Å². The summed E-state index contributed by atoms with van der Waals surface area (Å²) in [5, 5.41) is 0.974. The highest BCUT2D eigenvalue weighted by atomic mass is 32.2. The zero-order valence-corrected chi connectivity index (χ0v) is 12.3. The number of aliphatic imine (C=N–C) groups is 1. The third kappa shape index (κ3) is 3.06. The predicted octanol–water partition coefficient (Wildman–Crippen LogP) is 1.32. The normalized spacial score (nSPS) is 18.9. The van der Waals surface area contributed by atoms with Crippen molar-refractivity contribution in [1.82, 2.24) is 0 Å². The quantitative estimate of drug-likeness (QED) is 0.846. The summed E-state index contributed by atoms with van der Waals surface area (Å²) in [4.78, 5) is 20.3. The number of nitrogens with zero attached hydrogens (tertiary/aromatic N) is 2. The molecule has 0 aromatic heterocycles. The second-order valence-electron chi connectivity index (χ2n) is 4.99. The van der Waals surface area contributed by atoms with Crippen LogP contribution in [-0.2, 0) is 4.74 Å². The van der Waals surface area contributed by atoms with E-state index in [0.717, 1.165) is 26.1 Å². The maximum atomic E-state index is 13.5. The molecule has 0 atom stereocenters. The van der Waals surface area contributed by atoms with Gasteiger partial charge < -0.3 is 4.74 Å². The molecule has 3 rings (SSSR count). The van der Waals surface area contributed by atoms with Crippen molar-refractivity contribution in [2.45, 2.75) is 18.1 Å². The number of halogens is 1. The summed E-state index contributed by atoms with van der Waals surface area (Å²) in [5.41, 5.74) is 0.321. The fourth-order valence-corrected chi connectivity index (χ4v) is 3.38. The molecule has 1 aromatic rings. The van der Waals surface area contributed by atoms with Gasteiger partial charge in [0.1, 0.15) is 11.7 Å². The average Bonchev–Trinajstić information content (AvgIpc) is 2.50. The van der Waals surface area contributed by atoms with Crippen molar-refractivity contribution in [3.05, 3.63) is 34.1 Å². The zero-order chi connectivity index (χ0) is 14.8. The molecule has 0 radical (unpaired) electrons. The van der Waals surface area contributed by atoms with E-state index in [2.05, 4.69) is 16.6 Å². The molecule has 1 fully saturated rings. The molecule has 0 aliphatic carbocycles. The van der Waals surface area contributed by atoms with E-state index < -0.39 is 5.82 Å². The van der Waals surface area contributed by atoms with Gasteiger partial charge >= 0.3 is 0 Å². The van der Waals surface area contributed by atoms with Crippen LogP contribution in [0.3, 0.4) is 0 Å². The minimum absolute atomic E-state index is 0.157. The number of hydrogen-bond donors (Lipinski definition) is 0. The highest BCUT2D eigenvalue weighted by Gasteiger charge is 2.19. The van der Waals surface area contributed by atoms with Crippen LogP contribution >= 0.6 is 11.8 Å². The van der Waals surface area contributed by atoms with Gasteiger partial charge in [0.2, 0.25) is 0 Å². The minimum Gasteiger partial charge on any atom is -0.381 e. The summed E-state index contributed by atoms with van der Waals surface area (Å²) >= 11 is 1.72. The first kappa shape index (κ1) is 14.4. The predicted molar refractivity (Wildman–Crippen MR) is 80.8 cm³/mol. The van der Waals surface area contributed by atoms with E-state index in [9.17, 15) is 9.18 Å². The van der Waals surface area contributed by atoms with Crippen molar-refractivity contribution in [3.8, 4) is 0 Å². The van der Waals surface area contributed by atoms with E-state index in [1.807, 2.05) is 0 Å². The lowest BCUT2D eigenvalue weighted by Crippen LogP contribution is -2.36. The highest BCUT2D eigenvalue weighted by Crippen LogP contribution is 2.22. The molecular formula is C15H15FN2O2S. The molecule has 110 valence electrons. The van der Waals surface area contributed by atoms with Gasteiger partial charge in [-0.25, -0.2) is 9.38 Å². The number of carbonyl (C=O) groups is 1. The number of hydrogen-bond acceptors (Lipinski definition) is 4. The Bertz CT molecular complexity index is 711. The third-order valence-electron chi connectivity index (χ3n) is 3.54. The summed E-state index contributed by atoms with van der Waals surface area (Å²) in [5.74, 6) is 0.168. The molecule has 1 saturated heterocycles. The fourth-order valence-electron chi connectivity index (χ4n) is 2.34. The maximum absolute atomic E-state index is 13.5. The second kappa shape index (κ2) is 6.07. The number of benzene rings is 1. The van der Waals surface area contributed by atoms with Gasteiger partial charge in [-0.3, -0.25) is 4.79 Å². The van der Waals surface area contributed by atoms with Gasteiger partial charge in [-0.05, 0) is 25.0 Å². The van der Waals surface area contributed by atoms with Crippen LogP contribution < -0.4 is 10.6 Å². The third-order valence-corrected chi connectivity index (χ3v) is 4.91. The molecule has 1 amide bonds. The number of carbonyl (C=O) groups excluding carboxylic acids is 1. The van der Waals surface area contributed by atoms with Crippen molar-refractivity contribution < 1.29 is 13.9 Å². The van der Waals surface area contributed by atoms with Crippen molar-refractivity contribution >= 4 is 30.1 Å². The van der Waals surface area contributed by atoms with E-state index >= 15 is 0 Å². The molecule has 2 aliphatic rings. The van der Waals surface area contributed by atoms with Gasteiger partial charge in [-0.1, -0.05) is 6.58 Å². The first-order valence-electron chi connectivity index (χ1n) is 6.82. The SMILES string of the molecule is C=c1c(F)ccc2c1=NC(CSC1CCOCC1)=NC2=O. The molecule has 21 heavy (non-hydrogen) atoms. The smallest absolute Gasteiger partial charge is 0.280 e. The van der Waals surface area contributed by atoms with Gasteiger partial charge in [0.05, 0.1) is 16.7 Å². The Morgan fingerprint density at radius 2 is 2.10 bits per heavy atom. The Kier molecular flexibility index (Phi) is 4.17. The summed E-state index contributed by atoms with van der Waals surface area (Å²) in [6.45, 7) is 5.20. The van der Waals surface area contributed by atoms with Crippen LogP contribution in [0.2, 0.25) is 0 Å². The van der Waals surface area contributed by atoms with Crippen molar-refractivity contribution in [2.24, 2.45) is 9.98 Å². The number of thioether (sulfide) groups is 1. The van der Waals surface area contributed by atoms with E-state index in [1.165, 1.54) is 12.1 Å². The summed E-state index contributed by atoms with van der Waals surface area (Å²) < 4.78 is 18.9. The molecular weight excluding hydrogens is 291 g/mol. The molecule has 1 aromatic carbocycles.